The highest BCUT2D eigenvalue weighted by molar-refractivity contribution is 6.42. The minimum atomic E-state index is 0.631. The molecule has 0 bridgehead atoms. The zero-order chi connectivity index (χ0) is 14.5. The predicted molar refractivity (Wildman–Crippen MR) is 87.6 cm³/mol. The summed E-state index contributed by atoms with van der Waals surface area (Å²) >= 11 is 12.0. The van der Waals surface area contributed by atoms with Gasteiger partial charge in [-0.1, -0.05) is 43.1 Å². The molecule has 2 nitrogen and oxygen atoms in total. The van der Waals surface area contributed by atoms with Crippen molar-refractivity contribution in [3.05, 3.63) is 33.8 Å². The maximum Gasteiger partial charge on any atom is 0.0595 e. The predicted octanol–water partition coefficient (Wildman–Crippen LogP) is 4.20. The minimum absolute atomic E-state index is 0.631. The van der Waals surface area contributed by atoms with Crippen molar-refractivity contribution in [1.82, 2.24) is 10.2 Å². The smallest absolute Gasteiger partial charge is 0.0595 e. The molecule has 2 rings (SSSR count). The van der Waals surface area contributed by atoms with Crippen molar-refractivity contribution in [3.63, 3.8) is 0 Å². The van der Waals surface area contributed by atoms with Crippen molar-refractivity contribution >= 4 is 23.2 Å². The molecule has 0 radical (unpaired) electrons. The Hall–Kier alpha value is -0.280. The Balaban J connectivity index is 1.77. The number of halogens is 2. The van der Waals surface area contributed by atoms with Gasteiger partial charge in [-0.05, 0) is 56.1 Å². The van der Waals surface area contributed by atoms with E-state index in [4.69, 9.17) is 23.2 Å². The molecule has 4 heteroatoms. The van der Waals surface area contributed by atoms with E-state index in [2.05, 4.69) is 30.1 Å². The topological polar surface area (TPSA) is 15.3 Å². The second-order valence-corrected chi connectivity index (χ2v) is 6.92. The van der Waals surface area contributed by atoms with Crippen molar-refractivity contribution in [2.24, 2.45) is 5.92 Å². The number of benzene rings is 1. The van der Waals surface area contributed by atoms with Gasteiger partial charge in [0.05, 0.1) is 10.0 Å². The molecule has 20 heavy (non-hydrogen) atoms. The van der Waals surface area contributed by atoms with Crippen molar-refractivity contribution in [1.29, 1.82) is 0 Å². The molecule has 1 aliphatic heterocycles. The molecule has 1 aromatic carbocycles. The van der Waals surface area contributed by atoms with Crippen molar-refractivity contribution in [2.75, 3.05) is 19.6 Å². The number of hydrogen-bond donors (Lipinski definition) is 1. The molecular weight excluding hydrogens is 291 g/mol. The molecule has 0 amide bonds. The Morgan fingerprint density at radius 1 is 1.20 bits per heavy atom. The lowest BCUT2D eigenvalue weighted by atomic mass is 10.0. The van der Waals surface area contributed by atoms with Crippen LogP contribution in [0.25, 0.3) is 0 Å². The first-order chi connectivity index (χ1) is 9.54. The van der Waals surface area contributed by atoms with E-state index < -0.39 is 0 Å². The van der Waals surface area contributed by atoms with E-state index in [9.17, 15) is 0 Å². The maximum absolute atomic E-state index is 6.07. The zero-order valence-corrected chi connectivity index (χ0v) is 13.8. The molecule has 0 aliphatic carbocycles. The van der Waals surface area contributed by atoms with Crippen LogP contribution in [0.3, 0.4) is 0 Å². The molecule has 1 heterocycles. The first-order valence-corrected chi connectivity index (χ1v) is 8.20. The lowest BCUT2D eigenvalue weighted by Crippen LogP contribution is -2.43. The van der Waals surface area contributed by atoms with Gasteiger partial charge >= 0.3 is 0 Å². The molecular formula is C16H24Cl2N2. The standard InChI is InChI=1S/C16H24Cl2N2/c1-12(2)10-19-14-5-7-20(8-6-14)11-13-3-4-15(17)16(18)9-13/h3-4,9,12,14,19H,5-8,10-11H2,1-2H3. The summed E-state index contributed by atoms with van der Waals surface area (Å²) < 4.78 is 0. The number of nitrogens with one attached hydrogen (secondary N) is 1. The first kappa shape index (κ1) is 16.1. The third-order valence-corrected chi connectivity index (χ3v) is 4.53. The second-order valence-electron chi connectivity index (χ2n) is 6.10. The van der Waals surface area contributed by atoms with E-state index in [1.807, 2.05) is 12.1 Å². The Labute approximate surface area is 132 Å². The van der Waals surface area contributed by atoms with Gasteiger partial charge in [0.25, 0.3) is 0 Å². The molecule has 0 unspecified atom stereocenters. The van der Waals surface area contributed by atoms with Gasteiger partial charge in [-0.25, -0.2) is 0 Å². The summed E-state index contributed by atoms with van der Waals surface area (Å²) in [6.45, 7) is 8.90. The summed E-state index contributed by atoms with van der Waals surface area (Å²) in [5.41, 5.74) is 1.24. The van der Waals surface area contributed by atoms with Crippen molar-refractivity contribution in [3.8, 4) is 0 Å². The summed E-state index contributed by atoms with van der Waals surface area (Å²) in [7, 11) is 0. The van der Waals surface area contributed by atoms with Crippen LogP contribution in [0.1, 0.15) is 32.3 Å². The number of likely N-dealkylation sites (tertiary alicyclic amines) is 1. The summed E-state index contributed by atoms with van der Waals surface area (Å²) in [6, 6.07) is 6.61. The third kappa shape index (κ3) is 4.92. The van der Waals surface area contributed by atoms with Gasteiger partial charge in [-0.3, -0.25) is 4.90 Å². The van der Waals surface area contributed by atoms with E-state index in [-0.39, 0.29) is 0 Å². The van der Waals surface area contributed by atoms with Gasteiger partial charge in [-0.15, -0.1) is 0 Å². The van der Waals surface area contributed by atoms with E-state index in [1.54, 1.807) is 0 Å². The molecule has 1 aliphatic rings. The van der Waals surface area contributed by atoms with E-state index in [0.717, 1.165) is 32.1 Å². The third-order valence-electron chi connectivity index (χ3n) is 3.79. The quantitative estimate of drug-likeness (QED) is 0.876. The molecule has 0 atom stereocenters. The van der Waals surface area contributed by atoms with Gasteiger partial charge < -0.3 is 5.32 Å². The maximum atomic E-state index is 6.07. The summed E-state index contributed by atoms with van der Waals surface area (Å²) in [5.74, 6) is 0.726. The van der Waals surface area contributed by atoms with Crippen LogP contribution in [0.5, 0.6) is 0 Å². The highest BCUT2D eigenvalue weighted by atomic mass is 35.5. The van der Waals surface area contributed by atoms with Gasteiger partial charge in [0.15, 0.2) is 0 Å². The van der Waals surface area contributed by atoms with Crippen LogP contribution in [0.4, 0.5) is 0 Å². The second kappa shape index (κ2) is 7.65. The highest BCUT2D eigenvalue weighted by Crippen LogP contribution is 2.24. The first-order valence-electron chi connectivity index (χ1n) is 7.44. The fraction of sp³-hybridized carbons (Fsp3) is 0.625. The Morgan fingerprint density at radius 2 is 1.90 bits per heavy atom. The fourth-order valence-corrected chi connectivity index (χ4v) is 2.91. The lowest BCUT2D eigenvalue weighted by Gasteiger charge is -2.33. The summed E-state index contributed by atoms with van der Waals surface area (Å²) in [4.78, 5) is 2.49. The Morgan fingerprint density at radius 3 is 2.50 bits per heavy atom. The van der Waals surface area contributed by atoms with Crippen molar-refractivity contribution < 1.29 is 0 Å². The molecule has 0 spiro atoms. The van der Waals surface area contributed by atoms with Crippen LogP contribution < -0.4 is 5.32 Å². The molecule has 1 N–H and O–H groups in total. The summed E-state index contributed by atoms with van der Waals surface area (Å²) in [5, 5.41) is 4.94. The number of nitrogens with zero attached hydrogens (tertiary/aromatic N) is 1. The average molecular weight is 315 g/mol. The SMILES string of the molecule is CC(C)CNC1CCN(Cc2ccc(Cl)c(Cl)c2)CC1. The van der Waals surface area contributed by atoms with Gasteiger partial charge in [0, 0.05) is 12.6 Å². The largest absolute Gasteiger partial charge is 0.314 e. The van der Waals surface area contributed by atoms with Gasteiger partial charge in [0.2, 0.25) is 0 Å². The fourth-order valence-electron chi connectivity index (χ4n) is 2.59. The highest BCUT2D eigenvalue weighted by Gasteiger charge is 2.19. The van der Waals surface area contributed by atoms with Crippen LogP contribution in [0, 0.1) is 5.92 Å². The summed E-state index contributed by atoms with van der Waals surface area (Å²) in [6.07, 6.45) is 2.46. The molecule has 0 aromatic heterocycles. The molecule has 0 saturated carbocycles. The lowest BCUT2D eigenvalue weighted by molar-refractivity contribution is 0.189. The van der Waals surface area contributed by atoms with E-state index in [1.165, 1.54) is 18.4 Å². The Kier molecular flexibility index (Phi) is 6.16. The van der Waals surface area contributed by atoms with Gasteiger partial charge in [-0.2, -0.15) is 0 Å². The van der Waals surface area contributed by atoms with Gasteiger partial charge in [0.1, 0.15) is 0 Å². The van der Waals surface area contributed by atoms with Crippen LogP contribution in [0.2, 0.25) is 10.0 Å². The van der Waals surface area contributed by atoms with E-state index >= 15 is 0 Å². The molecule has 112 valence electrons. The normalized spacial score (nSPS) is 17.9. The minimum Gasteiger partial charge on any atom is -0.314 e. The number of piperidine rings is 1. The van der Waals surface area contributed by atoms with Crippen LogP contribution >= 0.6 is 23.2 Å². The zero-order valence-electron chi connectivity index (χ0n) is 12.3. The van der Waals surface area contributed by atoms with Crippen LogP contribution in [-0.2, 0) is 6.54 Å². The van der Waals surface area contributed by atoms with Crippen molar-refractivity contribution in [2.45, 2.75) is 39.3 Å². The molecule has 1 fully saturated rings. The monoisotopic (exact) mass is 314 g/mol. The van der Waals surface area contributed by atoms with Crippen LogP contribution in [-0.4, -0.2) is 30.6 Å². The molecule has 1 aromatic rings. The molecule has 1 saturated heterocycles. The number of hydrogen-bond acceptors (Lipinski definition) is 2. The van der Waals surface area contributed by atoms with Crippen LogP contribution in [0.15, 0.2) is 18.2 Å². The van der Waals surface area contributed by atoms with E-state index in [0.29, 0.717) is 16.1 Å². The number of rotatable bonds is 5. The Bertz CT molecular complexity index is 426. The average Bonchev–Trinajstić information content (AvgIpc) is 2.42.